The predicted octanol–water partition coefficient (Wildman–Crippen LogP) is 2.51. The Balaban J connectivity index is 2.33. The summed E-state index contributed by atoms with van der Waals surface area (Å²) in [6, 6.07) is 0. The number of thioether (sulfide) groups is 1. The number of rotatable bonds is 6. The second-order valence-corrected chi connectivity index (χ2v) is 7.49. The van der Waals surface area contributed by atoms with Crippen molar-refractivity contribution in [1.82, 2.24) is 10.2 Å². The first kappa shape index (κ1) is 13.3. The van der Waals surface area contributed by atoms with Crippen molar-refractivity contribution < 1.29 is 14.0 Å². The molecule has 0 spiro atoms. The molecule has 15 heavy (non-hydrogen) atoms. The Morgan fingerprint density at radius 3 is 3.07 bits per heavy atom. The van der Waals surface area contributed by atoms with Crippen LogP contribution in [0, 0.1) is 3.95 Å². The van der Waals surface area contributed by atoms with Gasteiger partial charge in [0.2, 0.25) is 0 Å². The number of H-pyrrole nitrogens is 1. The van der Waals surface area contributed by atoms with E-state index in [0.717, 1.165) is 4.34 Å². The summed E-state index contributed by atoms with van der Waals surface area (Å²) in [6.07, 6.45) is 0.123. The molecule has 0 aliphatic carbocycles. The normalized spacial score (nSPS) is 15.1. The molecule has 86 valence electrons. The minimum Gasteiger partial charge on any atom is -0.324 e. The van der Waals surface area contributed by atoms with Gasteiger partial charge >= 0.3 is 7.60 Å². The van der Waals surface area contributed by atoms with E-state index in [9.17, 15) is 9.46 Å². The summed E-state index contributed by atoms with van der Waals surface area (Å²) < 4.78 is 17.4. The van der Waals surface area contributed by atoms with Crippen LogP contribution in [0.5, 0.6) is 0 Å². The van der Waals surface area contributed by atoms with Gasteiger partial charge in [-0.15, -0.1) is 0 Å². The van der Waals surface area contributed by atoms with Crippen LogP contribution >= 0.6 is 42.9 Å². The number of aromatic amines is 1. The topological polar surface area (TPSA) is 75.2 Å². The zero-order valence-corrected chi connectivity index (χ0v) is 11.3. The van der Waals surface area contributed by atoms with Gasteiger partial charge in [0.15, 0.2) is 8.29 Å². The van der Waals surface area contributed by atoms with E-state index in [-0.39, 0.29) is 12.8 Å². The average Bonchev–Trinajstić information content (AvgIpc) is 2.51. The summed E-state index contributed by atoms with van der Waals surface area (Å²) >= 11 is 7.60. The Hall–Kier alpha value is 0.280. The summed E-state index contributed by atoms with van der Waals surface area (Å²) in [5.74, 6) is 0.490. The standard InChI is InChI=1S/C6H11N2O3PS3/c1-2-11-12(9,10)3-4-14-6-8-7-5(13)15-6/h2-4H2,1H3,(H,7,13)(H,9,10). The molecule has 0 aliphatic heterocycles. The third kappa shape index (κ3) is 5.24. The zero-order chi connectivity index (χ0) is 11.3. The molecule has 1 aromatic heterocycles. The smallest absolute Gasteiger partial charge is 0.324 e. The number of hydrogen-bond acceptors (Lipinski definition) is 6. The first-order valence-electron chi connectivity index (χ1n) is 4.18. The quantitative estimate of drug-likeness (QED) is 0.475. The second kappa shape index (κ2) is 6.12. The van der Waals surface area contributed by atoms with Crippen LogP contribution in [-0.4, -0.2) is 33.6 Å². The summed E-state index contributed by atoms with van der Waals surface area (Å²) in [5, 5.41) is 6.56. The molecule has 0 bridgehead atoms. The highest BCUT2D eigenvalue weighted by atomic mass is 32.2. The molecule has 0 amide bonds. The molecule has 1 unspecified atom stereocenters. The van der Waals surface area contributed by atoms with Crippen molar-refractivity contribution in [3.63, 3.8) is 0 Å². The minimum atomic E-state index is -3.40. The van der Waals surface area contributed by atoms with Crippen molar-refractivity contribution in [1.29, 1.82) is 0 Å². The Morgan fingerprint density at radius 2 is 2.53 bits per heavy atom. The van der Waals surface area contributed by atoms with Gasteiger partial charge in [0.05, 0.1) is 12.8 Å². The largest absolute Gasteiger partial charge is 0.328 e. The van der Waals surface area contributed by atoms with E-state index in [0.29, 0.717) is 9.71 Å². The van der Waals surface area contributed by atoms with Gasteiger partial charge in [0.1, 0.15) is 0 Å². The van der Waals surface area contributed by atoms with E-state index in [2.05, 4.69) is 10.2 Å². The van der Waals surface area contributed by atoms with Crippen molar-refractivity contribution in [2.75, 3.05) is 18.5 Å². The van der Waals surface area contributed by atoms with E-state index in [1.807, 2.05) is 0 Å². The van der Waals surface area contributed by atoms with E-state index < -0.39 is 7.60 Å². The highest BCUT2D eigenvalue weighted by Gasteiger charge is 2.17. The maximum atomic E-state index is 11.3. The molecule has 1 aromatic rings. The van der Waals surface area contributed by atoms with Gasteiger partial charge in [-0.1, -0.05) is 23.1 Å². The van der Waals surface area contributed by atoms with Crippen LogP contribution in [0.3, 0.4) is 0 Å². The number of nitrogens with zero attached hydrogens (tertiary/aromatic N) is 1. The van der Waals surface area contributed by atoms with Gasteiger partial charge in [-0.05, 0) is 19.1 Å². The van der Waals surface area contributed by atoms with Crippen LogP contribution in [-0.2, 0) is 9.09 Å². The summed E-state index contributed by atoms with van der Waals surface area (Å²) in [7, 11) is -3.40. The molecule has 0 aliphatic rings. The van der Waals surface area contributed by atoms with E-state index in [4.69, 9.17) is 16.7 Å². The molecule has 1 atom stereocenters. The van der Waals surface area contributed by atoms with Crippen molar-refractivity contribution in [2.24, 2.45) is 0 Å². The minimum absolute atomic E-state index is 0.123. The van der Waals surface area contributed by atoms with Crippen LogP contribution < -0.4 is 0 Å². The molecule has 1 heterocycles. The molecular weight excluding hydrogens is 275 g/mol. The molecule has 0 saturated heterocycles. The molecule has 0 radical (unpaired) electrons. The van der Waals surface area contributed by atoms with Gasteiger partial charge < -0.3 is 9.42 Å². The first-order chi connectivity index (χ1) is 7.03. The lowest BCUT2D eigenvalue weighted by Gasteiger charge is -2.08. The Bertz CT molecular complexity index is 404. The number of hydrogen-bond donors (Lipinski definition) is 2. The lowest BCUT2D eigenvalue weighted by molar-refractivity contribution is 0.275. The third-order valence-corrected chi connectivity index (χ3v) is 5.34. The lowest BCUT2D eigenvalue weighted by Crippen LogP contribution is -1.96. The van der Waals surface area contributed by atoms with Crippen molar-refractivity contribution >= 4 is 42.9 Å². The van der Waals surface area contributed by atoms with Crippen molar-refractivity contribution in [3.05, 3.63) is 3.95 Å². The van der Waals surface area contributed by atoms with Gasteiger partial charge in [0.25, 0.3) is 0 Å². The zero-order valence-electron chi connectivity index (χ0n) is 8.00. The Kier molecular flexibility index (Phi) is 5.45. The molecule has 5 nitrogen and oxygen atoms in total. The molecule has 1 rings (SSSR count). The lowest BCUT2D eigenvalue weighted by atomic mass is 10.9. The highest BCUT2D eigenvalue weighted by Crippen LogP contribution is 2.42. The average molecular weight is 286 g/mol. The van der Waals surface area contributed by atoms with E-state index in [1.54, 1.807) is 6.92 Å². The molecular formula is C6H11N2O3PS3. The van der Waals surface area contributed by atoms with Gasteiger partial charge in [-0.2, -0.15) is 5.10 Å². The SMILES string of the molecule is CCOP(=O)(O)CCSc1n[nH]c(=S)s1. The molecule has 0 saturated carbocycles. The van der Waals surface area contributed by atoms with Crippen molar-refractivity contribution in [3.8, 4) is 0 Å². The first-order valence-corrected chi connectivity index (χ1v) is 8.15. The van der Waals surface area contributed by atoms with Crippen LogP contribution in [0.2, 0.25) is 0 Å². The second-order valence-electron chi connectivity index (χ2n) is 2.51. The fraction of sp³-hybridized carbons (Fsp3) is 0.667. The summed E-state index contributed by atoms with van der Waals surface area (Å²) in [4.78, 5) is 9.27. The summed E-state index contributed by atoms with van der Waals surface area (Å²) in [6.45, 7) is 1.94. The third-order valence-electron chi connectivity index (χ3n) is 1.35. The number of aromatic nitrogens is 2. The van der Waals surface area contributed by atoms with E-state index >= 15 is 0 Å². The maximum Gasteiger partial charge on any atom is 0.328 e. The van der Waals surface area contributed by atoms with Crippen LogP contribution in [0.25, 0.3) is 0 Å². The van der Waals surface area contributed by atoms with Gasteiger partial charge in [-0.25, -0.2) is 0 Å². The molecule has 2 N–H and O–H groups in total. The fourth-order valence-electron chi connectivity index (χ4n) is 0.793. The predicted molar refractivity (Wildman–Crippen MR) is 64.3 cm³/mol. The number of nitrogens with one attached hydrogen (secondary N) is 1. The van der Waals surface area contributed by atoms with Crippen LogP contribution in [0.15, 0.2) is 4.34 Å². The van der Waals surface area contributed by atoms with Gasteiger partial charge in [0, 0.05) is 5.75 Å². The summed E-state index contributed by atoms with van der Waals surface area (Å²) in [5.41, 5.74) is 0. The highest BCUT2D eigenvalue weighted by molar-refractivity contribution is 8.01. The molecule has 0 fully saturated rings. The fourth-order valence-corrected chi connectivity index (χ4v) is 4.42. The molecule has 0 aromatic carbocycles. The Morgan fingerprint density at radius 1 is 1.80 bits per heavy atom. The van der Waals surface area contributed by atoms with Crippen LogP contribution in [0.4, 0.5) is 0 Å². The van der Waals surface area contributed by atoms with E-state index in [1.165, 1.54) is 23.1 Å². The maximum absolute atomic E-state index is 11.3. The van der Waals surface area contributed by atoms with Gasteiger partial charge in [-0.3, -0.25) is 9.66 Å². The Labute approximate surface area is 101 Å². The van der Waals surface area contributed by atoms with Crippen LogP contribution in [0.1, 0.15) is 6.92 Å². The van der Waals surface area contributed by atoms with Crippen molar-refractivity contribution in [2.45, 2.75) is 11.3 Å². The molecule has 9 heteroatoms. The monoisotopic (exact) mass is 286 g/mol.